The van der Waals surface area contributed by atoms with E-state index in [0.717, 1.165) is 5.75 Å². The van der Waals surface area contributed by atoms with E-state index in [9.17, 15) is 4.79 Å². The normalized spacial score (nSPS) is 17.5. The van der Waals surface area contributed by atoms with E-state index < -0.39 is 5.60 Å². The molecule has 0 unspecified atom stereocenters. The van der Waals surface area contributed by atoms with Crippen LogP contribution in [0.2, 0.25) is 0 Å². The molecule has 0 saturated carbocycles. The van der Waals surface area contributed by atoms with Crippen LogP contribution in [-0.2, 0) is 4.79 Å². The van der Waals surface area contributed by atoms with Gasteiger partial charge in [-0.2, -0.15) is 0 Å². The quantitative estimate of drug-likeness (QED) is 0.857. The number of benzene rings is 1. The summed E-state index contributed by atoms with van der Waals surface area (Å²) in [7, 11) is 0. The minimum atomic E-state index is -0.484. The standard InChI is InChI=1S/C13H17NO3/c1-4-16-9-5-6-11-10(7-9)14-12(15)8-13(2,3)17-11/h5-7H,4,8H2,1-3H3,(H,14,15). The summed E-state index contributed by atoms with van der Waals surface area (Å²) in [5, 5.41) is 2.83. The van der Waals surface area contributed by atoms with Gasteiger partial charge in [0.1, 0.15) is 17.1 Å². The van der Waals surface area contributed by atoms with E-state index in [0.29, 0.717) is 24.5 Å². The van der Waals surface area contributed by atoms with Crippen molar-refractivity contribution in [3.63, 3.8) is 0 Å². The first-order valence-electron chi connectivity index (χ1n) is 5.76. The molecule has 0 aromatic heterocycles. The fourth-order valence-corrected chi connectivity index (χ4v) is 1.87. The van der Waals surface area contributed by atoms with Crippen molar-refractivity contribution >= 4 is 11.6 Å². The van der Waals surface area contributed by atoms with Gasteiger partial charge in [-0.15, -0.1) is 0 Å². The van der Waals surface area contributed by atoms with Gasteiger partial charge in [0, 0.05) is 6.07 Å². The molecule has 1 aromatic carbocycles. The second kappa shape index (κ2) is 4.28. The predicted molar refractivity (Wildman–Crippen MR) is 65.6 cm³/mol. The molecular weight excluding hydrogens is 218 g/mol. The molecule has 0 aliphatic carbocycles. The summed E-state index contributed by atoms with van der Waals surface area (Å²) in [6, 6.07) is 5.46. The third-order valence-electron chi connectivity index (χ3n) is 2.51. The Bertz CT molecular complexity index is 440. The molecule has 1 amide bonds. The molecule has 0 radical (unpaired) electrons. The van der Waals surface area contributed by atoms with E-state index in [1.807, 2.05) is 32.9 Å². The van der Waals surface area contributed by atoms with Crippen molar-refractivity contribution in [3.05, 3.63) is 18.2 Å². The van der Waals surface area contributed by atoms with Crippen molar-refractivity contribution in [2.45, 2.75) is 32.8 Å². The monoisotopic (exact) mass is 235 g/mol. The summed E-state index contributed by atoms with van der Waals surface area (Å²) in [4.78, 5) is 11.7. The summed E-state index contributed by atoms with van der Waals surface area (Å²) in [5.41, 5.74) is 0.189. The van der Waals surface area contributed by atoms with E-state index in [-0.39, 0.29) is 5.91 Å². The highest BCUT2D eigenvalue weighted by atomic mass is 16.5. The molecule has 1 aliphatic rings. The van der Waals surface area contributed by atoms with Crippen molar-refractivity contribution in [1.29, 1.82) is 0 Å². The Balaban J connectivity index is 2.35. The van der Waals surface area contributed by atoms with Crippen LogP contribution >= 0.6 is 0 Å². The van der Waals surface area contributed by atoms with Crippen LogP contribution in [0.4, 0.5) is 5.69 Å². The van der Waals surface area contributed by atoms with Gasteiger partial charge in [-0.3, -0.25) is 4.79 Å². The molecule has 1 heterocycles. The second-order valence-corrected chi connectivity index (χ2v) is 4.68. The lowest BCUT2D eigenvalue weighted by molar-refractivity contribution is -0.118. The van der Waals surface area contributed by atoms with E-state index in [1.165, 1.54) is 0 Å². The van der Waals surface area contributed by atoms with Crippen LogP contribution in [0.3, 0.4) is 0 Å². The third kappa shape index (κ3) is 2.70. The minimum Gasteiger partial charge on any atom is -0.494 e. The second-order valence-electron chi connectivity index (χ2n) is 4.68. The fourth-order valence-electron chi connectivity index (χ4n) is 1.87. The number of hydrogen-bond donors (Lipinski definition) is 1. The average Bonchev–Trinajstić information content (AvgIpc) is 2.31. The van der Waals surface area contributed by atoms with Crippen LogP contribution in [-0.4, -0.2) is 18.1 Å². The zero-order valence-corrected chi connectivity index (χ0v) is 10.4. The Morgan fingerprint density at radius 3 is 2.94 bits per heavy atom. The lowest BCUT2D eigenvalue weighted by Crippen LogP contribution is -2.30. The van der Waals surface area contributed by atoms with Gasteiger partial charge in [0.15, 0.2) is 0 Å². The van der Waals surface area contributed by atoms with Gasteiger partial charge in [-0.05, 0) is 32.9 Å². The number of nitrogens with one attached hydrogen (secondary N) is 1. The molecule has 1 aliphatic heterocycles. The van der Waals surface area contributed by atoms with Crippen molar-refractivity contribution in [3.8, 4) is 11.5 Å². The predicted octanol–water partition coefficient (Wildman–Crippen LogP) is 2.58. The summed E-state index contributed by atoms with van der Waals surface area (Å²) < 4.78 is 11.2. The van der Waals surface area contributed by atoms with E-state index >= 15 is 0 Å². The Labute approximate surface area is 101 Å². The van der Waals surface area contributed by atoms with Gasteiger partial charge in [0.25, 0.3) is 0 Å². The highest BCUT2D eigenvalue weighted by molar-refractivity contribution is 5.94. The van der Waals surface area contributed by atoms with Crippen LogP contribution in [0.1, 0.15) is 27.2 Å². The van der Waals surface area contributed by atoms with E-state index in [4.69, 9.17) is 9.47 Å². The first kappa shape index (κ1) is 11.8. The summed E-state index contributed by atoms with van der Waals surface area (Å²) in [6.07, 6.45) is 0.339. The SMILES string of the molecule is CCOc1ccc2c(c1)NC(=O)CC(C)(C)O2. The maximum Gasteiger partial charge on any atom is 0.228 e. The van der Waals surface area contributed by atoms with Crippen molar-refractivity contribution in [2.24, 2.45) is 0 Å². The number of hydrogen-bond acceptors (Lipinski definition) is 3. The molecule has 4 heteroatoms. The van der Waals surface area contributed by atoms with Gasteiger partial charge >= 0.3 is 0 Å². The molecule has 0 atom stereocenters. The number of anilines is 1. The highest BCUT2D eigenvalue weighted by Gasteiger charge is 2.29. The lowest BCUT2D eigenvalue weighted by atomic mass is 10.1. The Morgan fingerprint density at radius 2 is 2.24 bits per heavy atom. The van der Waals surface area contributed by atoms with E-state index in [2.05, 4.69) is 5.32 Å². The number of carbonyl (C=O) groups is 1. The maximum atomic E-state index is 11.7. The molecule has 92 valence electrons. The number of ether oxygens (including phenoxy) is 2. The van der Waals surface area contributed by atoms with Crippen LogP contribution in [0.25, 0.3) is 0 Å². The van der Waals surface area contributed by atoms with Gasteiger partial charge in [0.2, 0.25) is 5.91 Å². The zero-order valence-electron chi connectivity index (χ0n) is 10.4. The van der Waals surface area contributed by atoms with Crippen LogP contribution in [0.5, 0.6) is 11.5 Å². The molecule has 1 N–H and O–H groups in total. The largest absolute Gasteiger partial charge is 0.494 e. The topological polar surface area (TPSA) is 47.6 Å². The maximum absolute atomic E-state index is 11.7. The summed E-state index contributed by atoms with van der Waals surface area (Å²) in [5.74, 6) is 1.38. The molecule has 0 fully saturated rings. The molecule has 2 rings (SSSR count). The van der Waals surface area contributed by atoms with Gasteiger partial charge < -0.3 is 14.8 Å². The van der Waals surface area contributed by atoms with Gasteiger partial charge in [0.05, 0.1) is 18.7 Å². The number of amides is 1. The molecule has 0 bridgehead atoms. The van der Waals surface area contributed by atoms with Crippen molar-refractivity contribution < 1.29 is 14.3 Å². The van der Waals surface area contributed by atoms with Crippen molar-refractivity contribution in [2.75, 3.05) is 11.9 Å². The Hall–Kier alpha value is -1.71. The zero-order chi connectivity index (χ0) is 12.5. The first-order chi connectivity index (χ1) is 8.00. The lowest BCUT2D eigenvalue weighted by Gasteiger charge is -2.23. The first-order valence-corrected chi connectivity index (χ1v) is 5.76. The molecular formula is C13H17NO3. The Morgan fingerprint density at radius 1 is 1.47 bits per heavy atom. The van der Waals surface area contributed by atoms with Gasteiger partial charge in [-0.1, -0.05) is 0 Å². The molecule has 17 heavy (non-hydrogen) atoms. The Kier molecular flexibility index (Phi) is 2.96. The average molecular weight is 235 g/mol. The highest BCUT2D eigenvalue weighted by Crippen LogP contribution is 2.35. The summed E-state index contributed by atoms with van der Waals surface area (Å²) >= 11 is 0. The van der Waals surface area contributed by atoms with Crippen LogP contribution in [0, 0.1) is 0 Å². The number of carbonyl (C=O) groups excluding carboxylic acids is 1. The molecule has 0 spiro atoms. The third-order valence-corrected chi connectivity index (χ3v) is 2.51. The minimum absolute atomic E-state index is 0.0394. The van der Waals surface area contributed by atoms with Crippen LogP contribution < -0.4 is 14.8 Å². The van der Waals surface area contributed by atoms with Crippen LogP contribution in [0.15, 0.2) is 18.2 Å². The molecule has 4 nitrogen and oxygen atoms in total. The van der Waals surface area contributed by atoms with Crippen molar-refractivity contribution in [1.82, 2.24) is 0 Å². The molecule has 0 saturated heterocycles. The smallest absolute Gasteiger partial charge is 0.228 e. The fraction of sp³-hybridized carbons (Fsp3) is 0.462. The van der Waals surface area contributed by atoms with Gasteiger partial charge in [-0.25, -0.2) is 0 Å². The van der Waals surface area contributed by atoms with E-state index in [1.54, 1.807) is 6.07 Å². The number of rotatable bonds is 2. The molecule has 1 aromatic rings. The summed E-state index contributed by atoms with van der Waals surface area (Å²) in [6.45, 7) is 6.32. The number of fused-ring (bicyclic) bond motifs is 1.